The summed E-state index contributed by atoms with van der Waals surface area (Å²) in [5, 5.41) is 0. The standard InChI is InChI=1S/C26H24F2N5O6P/c1-13(34)32-17-5-4-6-21(38-25(27)28)22(17)19-10-20(32)23-31-16-8-7-14(9-18(16)33(19)23)15-11-29-24(30-12-15)26(2,3)39-40(35,36)37/h4-9,11-12,19-20,25H,10H2,1-3H3,(H2,35,36,37)/p-2/t19-,20-/m1/s1. The van der Waals surface area contributed by atoms with Crippen molar-refractivity contribution in [2.75, 3.05) is 4.90 Å². The molecule has 0 unspecified atom stereocenters. The molecule has 40 heavy (non-hydrogen) atoms. The fourth-order valence-corrected chi connectivity index (χ4v) is 6.33. The van der Waals surface area contributed by atoms with Crippen LogP contribution in [0.2, 0.25) is 0 Å². The van der Waals surface area contributed by atoms with E-state index in [1.54, 1.807) is 23.1 Å². The third-order valence-corrected chi connectivity index (χ3v) is 7.82. The van der Waals surface area contributed by atoms with Gasteiger partial charge in [0.2, 0.25) is 5.91 Å². The Balaban J connectivity index is 1.44. The van der Waals surface area contributed by atoms with Gasteiger partial charge in [-0.15, -0.1) is 0 Å². The number of aromatic nitrogens is 4. The van der Waals surface area contributed by atoms with Gasteiger partial charge in [0, 0.05) is 36.9 Å². The monoisotopic (exact) mass is 569 g/mol. The quantitative estimate of drug-likeness (QED) is 0.318. The third-order valence-electron chi connectivity index (χ3n) is 7.14. The summed E-state index contributed by atoms with van der Waals surface area (Å²) >= 11 is 0. The summed E-state index contributed by atoms with van der Waals surface area (Å²) in [6.45, 7) is 1.14. The number of anilines is 1. The van der Waals surface area contributed by atoms with Gasteiger partial charge >= 0.3 is 6.61 Å². The molecule has 0 aliphatic carbocycles. The van der Waals surface area contributed by atoms with Crippen molar-refractivity contribution >= 4 is 30.5 Å². The average Bonchev–Trinajstić information content (AvgIpc) is 3.38. The van der Waals surface area contributed by atoms with E-state index in [1.807, 2.05) is 16.7 Å². The van der Waals surface area contributed by atoms with E-state index in [4.69, 9.17) is 9.72 Å². The van der Waals surface area contributed by atoms with Crippen LogP contribution >= 0.6 is 7.82 Å². The fourth-order valence-electron chi connectivity index (χ4n) is 5.69. The molecule has 2 aromatic carbocycles. The number of alkyl halides is 2. The maximum Gasteiger partial charge on any atom is 0.387 e. The number of phosphoric acid groups is 1. The Morgan fingerprint density at radius 3 is 2.50 bits per heavy atom. The summed E-state index contributed by atoms with van der Waals surface area (Å²) in [5.74, 6) is 0.407. The molecule has 0 saturated carbocycles. The summed E-state index contributed by atoms with van der Waals surface area (Å²) in [7, 11) is -5.27. The number of amides is 1. The molecule has 2 bridgehead atoms. The summed E-state index contributed by atoms with van der Waals surface area (Å²) in [5.41, 5.74) is 2.12. The molecule has 2 aliphatic rings. The lowest BCUT2D eigenvalue weighted by atomic mass is 9.93. The molecule has 4 heterocycles. The first kappa shape index (κ1) is 26.5. The minimum Gasteiger partial charge on any atom is -0.790 e. The maximum atomic E-state index is 13.3. The predicted octanol–water partition coefficient (Wildman–Crippen LogP) is 3.58. The number of hydrogen-bond acceptors (Lipinski definition) is 9. The molecule has 11 nitrogen and oxygen atoms in total. The normalized spacial score (nSPS) is 18.2. The van der Waals surface area contributed by atoms with Gasteiger partial charge in [-0.2, -0.15) is 8.78 Å². The lowest BCUT2D eigenvalue weighted by Gasteiger charge is -2.36. The van der Waals surface area contributed by atoms with Gasteiger partial charge in [0.05, 0.1) is 36.6 Å². The van der Waals surface area contributed by atoms with Crippen LogP contribution < -0.4 is 19.4 Å². The number of rotatable bonds is 6. The Labute approximate surface area is 226 Å². The van der Waals surface area contributed by atoms with Crippen molar-refractivity contribution in [3.8, 4) is 16.9 Å². The highest BCUT2D eigenvalue weighted by atomic mass is 31.2. The predicted molar refractivity (Wildman–Crippen MR) is 134 cm³/mol. The Bertz CT molecular complexity index is 1700. The highest BCUT2D eigenvalue weighted by Gasteiger charge is 2.47. The van der Waals surface area contributed by atoms with Crippen molar-refractivity contribution in [3.63, 3.8) is 0 Å². The minimum atomic E-state index is -5.27. The van der Waals surface area contributed by atoms with E-state index in [2.05, 4.69) is 14.5 Å². The number of halogens is 2. The largest absolute Gasteiger partial charge is 0.790 e. The molecule has 2 atom stereocenters. The van der Waals surface area contributed by atoms with Crippen LogP contribution in [-0.2, 0) is 19.5 Å². The first-order valence-electron chi connectivity index (χ1n) is 12.3. The van der Waals surface area contributed by atoms with E-state index in [0.717, 1.165) is 5.52 Å². The van der Waals surface area contributed by atoms with Crippen LogP contribution in [0.5, 0.6) is 5.75 Å². The number of hydrogen-bond donors (Lipinski definition) is 0. The minimum absolute atomic E-state index is 0.00239. The first-order valence-corrected chi connectivity index (χ1v) is 13.8. The van der Waals surface area contributed by atoms with Gasteiger partial charge in [0.15, 0.2) is 5.82 Å². The van der Waals surface area contributed by atoms with Gasteiger partial charge in [0.25, 0.3) is 0 Å². The molecule has 2 aromatic heterocycles. The number of nitrogens with zero attached hydrogens (tertiary/aromatic N) is 5. The van der Waals surface area contributed by atoms with Crippen molar-refractivity contribution < 1.29 is 37.2 Å². The molecule has 0 spiro atoms. The molecule has 0 radical (unpaired) electrons. The lowest BCUT2D eigenvalue weighted by Crippen LogP contribution is -2.35. The van der Waals surface area contributed by atoms with E-state index in [9.17, 15) is 27.9 Å². The molecule has 0 saturated heterocycles. The highest BCUT2D eigenvalue weighted by molar-refractivity contribution is 7.43. The highest BCUT2D eigenvalue weighted by Crippen LogP contribution is 2.55. The number of fused-ring (bicyclic) bond motifs is 9. The van der Waals surface area contributed by atoms with Crippen molar-refractivity contribution in [3.05, 3.63) is 66.0 Å². The van der Waals surface area contributed by atoms with Crippen molar-refractivity contribution in [2.24, 2.45) is 0 Å². The average molecular weight is 569 g/mol. The number of carbonyl (C=O) groups excluding carboxylic acids is 1. The molecule has 1 amide bonds. The molecular weight excluding hydrogens is 547 g/mol. The van der Waals surface area contributed by atoms with Gasteiger partial charge in [-0.3, -0.25) is 4.79 Å². The molecule has 6 rings (SSSR count). The molecule has 0 fully saturated rings. The van der Waals surface area contributed by atoms with Crippen molar-refractivity contribution in [2.45, 2.75) is 51.5 Å². The van der Waals surface area contributed by atoms with Gasteiger partial charge in [-0.25, -0.2) is 15.0 Å². The summed E-state index contributed by atoms with van der Waals surface area (Å²) < 4.78 is 49.2. The molecule has 14 heteroatoms. The zero-order chi connectivity index (χ0) is 28.6. The number of phosphoric ester groups is 1. The van der Waals surface area contributed by atoms with Gasteiger partial charge in [-0.05, 0) is 43.7 Å². The summed E-state index contributed by atoms with van der Waals surface area (Å²) in [6.07, 6.45) is 3.42. The van der Waals surface area contributed by atoms with E-state index in [1.165, 1.54) is 39.2 Å². The zero-order valence-corrected chi connectivity index (χ0v) is 22.3. The van der Waals surface area contributed by atoms with Crippen LogP contribution in [0.25, 0.3) is 22.2 Å². The van der Waals surface area contributed by atoms with Crippen LogP contribution in [-0.4, -0.2) is 32.0 Å². The Morgan fingerprint density at radius 2 is 1.85 bits per heavy atom. The molecule has 4 aromatic rings. The molecule has 0 N–H and O–H groups in total. The van der Waals surface area contributed by atoms with Crippen molar-refractivity contribution in [1.29, 1.82) is 0 Å². The summed E-state index contributed by atoms with van der Waals surface area (Å²) in [4.78, 5) is 49.8. The van der Waals surface area contributed by atoms with Gasteiger partial charge in [0.1, 0.15) is 17.2 Å². The fraction of sp³-hybridized carbons (Fsp3) is 0.308. The Hall–Kier alpha value is -3.77. The Morgan fingerprint density at radius 1 is 1.12 bits per heavy atom. The lowest BCUT2D eigenvalue weighted by molar-refractivity contribution is -0.349. The maximum absolute atomic E-state index is 13.3. The van der Waals surface area contributed by atoms with Crippen LogP contribution in [0.3, 0.4) is 0 Å². The van der Waals surface area contributed by atoms with Crippen LogP contribution in [0.1, 0.15) is 56.5 Å². The van der Waals surface area contributed by atoms with Gasteiger partial charge in [-0.1, -0.05) is 12.1 Å². The zero-order valence-electron chi connectivity index (χ0n) is 21.4. The van der Waals surface area contributed by atoms with Gasteiger partial charge < -0.3 is 33.1 Å². The molecular formula is C26H22F2N5O6P-2. The van der Waals surface area contributed by atoms with Crippen molar-refractivity contribution in [1.82, 2.24) is 19.5 Å². The number of ether oxygens (including phenoxy) is 1. The van der Waals surface area contributed by atoms with E-state index < -0.39 is 26.1 Å². The second kappa shape index (κ2) is 9.13. The number of imidazole rings is 1. The smallest absolute Gasteiger partial charge is 0.387 e. The number of benzene rings is 2. The van der Waals surface area contributed by atoms with E-state index >= 15 is 0 Å². The Kier molecular flexibility index (Phi) is 6.04. The van der Waals surface area contributed by atoms with Crippen LogP contribution in [0.15, 0.2) is 48.8 Å². The van der Waals surface area contributed by atoms with E-state index in [0.29, 0.717) is 40.1 Å². The second-order valence-corrected chi connectivity index (χ2v) is 11.2. The topological polar surface area (TPSA) is 146 Å². The second-order valence-electron chi connectivity index (χ2n) is 10.1. The SMILES string of the molecule is CC(=O)N1c2cccc(OC(F)F)c2[C@H]2C[C@@H]1c1nc3ccc(-c4cnc(C(C)(C)OP(=O)([O-])[O-])nc4)cc3n12. The number of carbonyl (C=O) groups is 1. The van der Waals surface area contributed by atoms with E-state index in [-0.39, 0.29) is 23.5 Å². The molecule has 208 valence electrons. The third kappa shape index (κ3) is 4.35. The van der Waals surface area contributed by atoms with Crippen LogP contribution in [0, 0.1) is 0 Å². The first-order chi connectivity index (χ1) is 18.8. The van der Waals surface area contributed by atoms with Crippen LogP contribution in [0.4, 0.5) is 14.5 Å². The molecule has 2 aliphatic heterocycles. The summed E-state index contributed by atoms with van der Waals surface area (Å²) in [6, 6.07) is 9.47.